The van der Waals surface area contributed by atoms with Crippen LogP contribution in [0.15, 0.2) is 29.8 Å². The molecule has 0 fully saturated rings. The van der Waals surface area contributed by atoms with E-state index in [1.807, 2.05) is 11.4 Å². The van der Waals surface area contributed by atoms with Crippen molar-refractivity contribution in [3.05, 3.63) is 45.8 Å². The first kappa shape index (κ1) is 13.4. The Balaban J connectivity index is 1.91. The van der Waals surface area contributed by atoms with Crippen molar-refractivity contribution >= 4 is 17.2 Å². The lowest BCUT2D eigenvalue weighted by molar-refractivity contribution is -0.137. The molecule has 0 saturated heterocycles. The molecule has 2 nitrogen and oxygen atoms in total. The van der Waals surface area contributed by atoms with Crippen LogP contribution in [0, 0.1) is 0 Å². The molecular formula is C14H13F3N2S. The first-order chi connectivity index (χ1) is 9.55. The third-order valence-corrected chi connectivity index (χ3v) is 4.47. The molecule has 3 rings (SSSR count). The van der Waals surface area contributed by atoms with Crippen LogP contribution in [-0.2, 0) is 12.6 Å². The zero-order valence-electron chi connectivity index (χ0n) is 10.6. The van der Waals surface area contributed by atoms with E-state index >= 15 is 0 Å². The van der Waals surface area contributed by atoms with Crippen molar-refractivity contribution < 1.29 is 13.2 Å². The fourth-order valence-electron chi connectivity index (χ4n) is 2.55. The number of rotatable bonds is 2. The topological polar surface area (TPSA) is 24.9 Å². The summed E-state index contributed by atoms with van der Waals surface area (Å²) in [5, 5.41) is 4.97. The van der Waals surface area contributed by atoms with Gasteiger partial charge in [0, 0.05) is 11.1 Å². The predicted molar refractivity (Wildman–Crippen MR) is 72.9 cm³/mol. The number of hydrogen-bond donors (Lipinski definition) is 1. The summed E-state index contributed by atoms with van der Waals surface area (Å²) in [6.07, 6.45) is -0.172. The fraction of sp³-hybridized carbons (Fsp3) is 0.357. The summed E-state index contributed by atoms with van der Waals surface area (Å²) in [5.41, 5.74) is 0.405. The lowest BCUT2D eigenvalue weighted by Gasteiger charge is -2.25. The van der Waals surface area contributed by atoms with Gasteiger partial charge >= 0.3 is 6.18 Å². The Bertz CT molecular complexity index is 606. The molecule has 1 atom stereocenters. The maximum absolute atomic E-state index is 13.0. The molecule has 20 heavy (non-hydrogen) atoms. The van der Waals surface area contributed by atoms with E-state index in [0.29, 0.717) is 0 Å². The lowest BCUT2D eigenvalue weighted by Crippen LogP contribution is -2.19. The molecule has 1 aliphatic rings. The minimum atomic E-state index is -4.39. The summed E-state index contributed by atoms with van der Waals surface area (Å²) in [6, 6.07) is 4.28. The van der Waals surface area contributed by atoms with E-state index in [4.69, 9.17) is 0 Å². The number of halogens is 3. The summed E-state index contributed by atoms with van der Waals surface area (Å²) < 4.78 is 38.9. The summed E-state index contributed by atoms with van der Waals surface area (Å²) in [5.74, 6) is -0.0796. The van der Waals surface area contributed by atoms with Gasteiger partial charge in [-0.2, -0.15) is 13.2 Å². The highest BCUT2D eigenvalue weighted by molar-refractivity contribution is 7.10. The third-order valence-electron chi connectivity index (χ3n) is 3.48. The molecule has 2 aromatic heterocycles. The minimum Gasteiger partial charge on any atom is -0.363 e. The van der Waals surface area contributed by atoms with Gasteiger partial charge in [0.05, 0.1) is 11.6 Å². The molecule has 2 heterocycles. The van der Waals surface area contributed by atoms with E-state index in [1.54, 1.807) is 11.3 Å². The average Bonchev–Trinajstić information content (AvgIpc) is 2.87. The lowest BCUT2D eigenvalue weighted by atomic mass is 9.94. The van der Waals surface area contributed by atoms with Crippen molar-refractivity contribution in [2.45, 2.75) is 31.5 Å². The summed E-state index contributed by atoms with van der Waals surface area (Å²) in [4.78, 5) is 5.13. The zero-order chi connectivity index (χ0) is 14.2. The normalized spacial score (nSPS) is 18.6. The van der Waals surface area contributed by atoms with Crippen LogP contribution in [0.4, 0.5) is 19.0 Å². The highest BCUT2D eigenvalue weighted by atomic mass is 32.1. The molecule has 6 heteroatoms. The van der Waals surface area contributed by atoms with Crippen molar-refractivity contribution in [3.63, 3.8) is 0 Å². The Morgan fingerprint density at radius 3 is 2.95 bits per heavy atom. The highest BCUT2D eigenvalue weighted by Gasteiger charge is 2.35. The quantitative estimate of drug-likeness (QED) is 0.873. The van der Waals surface area contributed by atoms with Crippen LogP contribution in [0.5, 0.6) is 0 Å². The van der Waals surface area contributed by atoms with Crippen LogP contribution in [0.1, 0.15) is 34.9 Å². The number of aryl methyl sites for hydroxylation is 1. The average molecular weight is 298 g/mol. The van der Waals surface area contributed by atoms with Crippen molar-refractivity contribution in [1.29, 1.82) is 0 Å². The third kappa shape index (κ3) is 2.52. The van der Waals surface area contributed by atoms with Gasteiger partial charge in [0.25, 0.3) is 0 Å². The molecule has 1 N–H and O–H groups in total. The van der Waals surface area contributed by atoms with Gasteiger partial charge < -0.3 is 5.32 Å². The van der Waals surface area contributed by atoms with Crippen LogP contribution in [0.2, 0.25) is 0 Å². The summed E-state index contributed by atoms with van der Waals surface area (Å²) in [6.45, 7) is 0. The SMILES string of the molecule is FC(F)(F)c1cccnc1NC1CCCc2sccc21. The monoisotopic (exact) mass is 298 g/mol. The van der Waals surface area contributed by atoms with Gasteiger partial charge in [-0.1, -0.05) is 0 Å². The van der Waals surface area contributed by atoms with Crippen LogP contribution >= 0.6 is 11.3 Å². The Kier molecular flexibility index (Phi) is 3.41. The van der Waals surface area contributed by atoms with E-state index in [-0.39, 0.29) is 11.9 Å². The number of alkyl halides is 3. The number of aromatic nitrogens is 1. The molecule has 106 valence electrons. The van der Waals surface area contributed by atoms with Crippen molar-refractivity contribution in [2.75, 3.05) is 5.32 Å². The van der Waals surface area contributed by atoms with Crippen LogP contribution in [0.3, 0.4) is 0 Å². The van der Waals surface area contributed by atoms with E-state index < -0.39 is 11.7 Å². The van der Waals surface area contributed by atoms with Gasteiger partial charge in [-0.15, -0.1) is 11.3 Å². The van der Waals surface area contributed by atoms with Crippen molar-refractivity contribution in [1.82, 2.24) is 4.98 Å². The number of nitrogens with one attached hydrogen (secondary N) is 1. The Morgan fingerprint density at radius 2 is 2.15 bits per heavy atom. The predicted octanol–water partition coefficient (Wildman–Crippen LogP) is 4.65. The van der Waals surface area contributed by atoms with Gasteiger partial charge in [-0.3, -0.25) is 0 Å². The Hall–Kier alpha value is -1.56. The second kappa shape index (κ2) is 5.09. The van der Waals surface area contributed by atoms with Gasteiger partial charge in [0.15, 0.2) is 0 Å². The minimum absolute atomic E-state index is 0.0796. The standard InChI is InChI=1S/C14H13F3N2S/c15-14(16,17)10-3-2-7-18-13(10)19-11-4-1-5-12-9(11)6-8-20-12/h2-3,6-8,11H,1,4-5H2,(H,18,19). The Morgan fingerprint density at radius 1 is 1.30 bits per heavy atom. The fourth-order valence-corrected chi connectivity index (χ4v) is 3.54. The van der Waals surface area contributed by atoms with Crippen molar-refractivity contribution in [2.24, 2.45) is 0 Å². The van der Waals surface area contributed by atoms with E-state index in [1.165, 1.54) is 17.1 Å². The largest absolute Gasteiger partial charge is 0.419 e. The van der Waals surface area contributed by atoms with Gasteiger partial charge in [0.2, 0.25) is 0 Å². The number of nitrogens with zero attached hydrogens (tertiary/aromatic N) is 1. The van der Waals surface area contributed by atoms with Crippen LogP contribution in [-0.4, -0.2) is 4.98 Å². The van der Waals surface area contributed by atoms with E-state index in [9.17, 15) is 13.2 Å². The molecule has 1 unspecified atom stereocenters. The molecule has 1 aliphatic carbocycles. The maximum Gasteiger partial charge on any atom is 0.419 e. The first-order valence-electron chi connectivity index (χ1n) is 6.41. The van der Waals surface area contributed by atoms with Gasteiger partial charge in [-0.05, 0) is 48.4 Å². The highest BCUT2D eigenvalue weighted by Crippen LogP contribution is 2.38. The molecule has 0 spiro atoms. The maximum atomic E-state index is 13.0. The molecule has 0 saturated carbocycles. The molecule has 0 radical (unpaired) electrons. The number of pyridine rings is 1. The molecule has 0 aliphatic heterocycles. The molecule has 0 bridgehead atoms. The number of hydrogen-bond acceptors (Lipinski definition) is 3. The summed E-state index contributed by atoms with van der Waals surface area (Å²) in [7, 11) is 0. The van der Waals surface area contributed by atoms with Gasteiger partial charge in [-0.25, -0.2) is 4.98 Å². The number of anilines is 1. The molecule has 0 aromatic carbocycles. The van der Waals surface area contributed by atoms with Crippen LogP contribution in [0.25, 0.3) is 0 Å². The number of thiophene rings is 1. The van der Waals surface area contributed by atoms with Crippen LogP contribution < -0.4 is 5.32 Å². The molecule has 2 aromatic rings. The second-order valence-electron chi connectivity index (χ2n) is 4.79. The molecule has 0 amide bonds. The zero-order valence-corrected chi connectivity index (χ0v) is 11.4. The van der Waals surface area contributed by atoms with Gasteiger partial charge in [0.1, 0.15) is 5.82 Å². The smallest absolute Gasteiger partial charge is 0.363 e. The van der Waals surface area contributed by atoms with E-state index in [2.05, 4.69) is 10.3 Å². The Labute approximate surface area is 118 Å². The second-order valence-corrected chi connectivity index (χ2v) is 5.79. The van der Waals surface area contributed by atoms with Crippen molar-refractivity contribution in [3.8, 4) is 0 Å². The molecular weight excluding hydrogens is 285 g/mol. The summed E-state index contributed by atoms with van der Waals surface area (Å²) >= 11 is 1.67. The number of fused-ring (bicyclic) bond motifs is 1. The first-order valence-corrected chi connectivity index (χ1v) is 7.28. The van der Waals surface area contributed by atoms with E-state index in [0.717, 1.165) is 30.9 Å².